The molecule has 2 N–H and O–H groups in total. The van der Waals surface area contributed by atoms with Gasteiger partial charge in [0.2, 0.25) is 10.9 Å². The van der Waals surface area contributed by atoms with E-state index in [1.165, 1.54) is 5.01 Å². The molecule has 0 fully saturated rings. The Morgan fingerprint density at radius 1 is 1.30 bits per heavy atom. The van der Waals surface area contributed by atoms with Gasteiger partial charge >= 0.3 is 6.16 Å². The molecule has 2 rings (SSSR count). The van der Waals surface area contributed by atoms with Crippen molar-refractivity contribution >= 4 is 40.5 Å². The van der Waals surface area contributed by atoms with Crippen LogP contribution in [0.15, 0.2) is 34.3 Å². The van der Waals surface area contributed by atoms with E-state index in [1.54, 1.807) is 45.0 Å². The van der Waals surface area contributed by atoms with E-state index in [0.717, 1.165) is 0 Å². The number of amidine groups is 2. The second-order valence-electron chi connectivity index (χ2n) is 5.64. The van der Waals surface area contributed by atoms with Gasteiger partial charge in [-0.05, 0) is 56.6 Å². The first-order valence-corrected chi connectivity index (χ1v) is 7.48. The van der Waals surface area contributed by atoms with E-state index >= 15 is 0 Å². The summed E-state index contributed by atoms with van der Waals surface area (Å²) in [5, 5.41) is 1.19. The molecule has 1 aliphatic heterocycles. The van der Waals surface area contributed by atoms with Gasteiger partial charge in [0.15, 0.2) is 5.84 Å². The predicted octanol–water partition coefficient (Wildman–Crippen LogP) is 3.05. The number of nitrogens with zero attached hydrogens (tertiary/aromatic N) is 3. The van der Waals surface area contributed by atoms with Crippen molar-refractivity contribution in [1.82, 2.24) is 5.01 Å². The molecule has 9 heteroatoms. The summed E-state index contributed by atoms with van der Waals surface area (Å²) in [5.74, 6) is 6.48. The van der Waals surface area contributed by atoms with E-state index in [9.17, 15) is 4.79 Å². The molecular formula is C14H16Cl2N4O3. The van der Waals surface area contributed by atoms with Gasteiger partial charge in [-0.15, -0.1) is 0 Å². The van der Waals surface area contributed by atoms with Crippen LogP contribution in [0, 0.1) is 0 Å². The van der Waals surface area contributed by atoms with E-state index in [4.69, 9.17) is 38.5 Å². The van der Waals surface area contributed by atoms with E-state index in [0.29, 0.717) is 17.1 Å². The summed E-state index contributed by atoms with van der Waals surface area (Å²) in [5.41, 5.74) is -0.824. The molecule has 1 aromatic carbocycles. The molecule has 0 bridgehead atoms. The van der Waals surface area contributed by atoms with Crippen LogP contribution in [0.5, 0.6) is 5.75 Å². The number of carbonyl (C=O) groups is 1. The molecule has 0 saturated carbocycles. The SMILES string of the molecule is CC(C)(C)OC(=O)Oc1ccc(C2=NC(Cl)=NC(Cl)N2N)cc1. The molecule has 23 heavy (non-hydrogen) atoms. The van der Waals surface area contributed by atoms with E-state index in [1.807, 2.05) is 0 Å². The third-order valence-corrected chi connectivity index (χ3v) is 3.08. The van der Waals surface area contributed by atoms with E-state index in [-0.39, 0.29) is 5.29 Å². The molecule has 1 heterocycles. The maximum atomic E-state index is 11.6. The number of rotatable bonds is 2. The lowest BCUT2D eigenvalue weighted by atomic mass is 10.2. The fraction of sp³-hybridized carbons (Fsp3) is 0.357. The number of halogens is 2. The van der Waals surface area contributed by atoms with Gasteiger partial charge in [-0.2, -0.15) is 4.99 Å². The van der Waals surface area contributed by atoms with Crippen molar-refractivity contribution in [1.29, 1.82) is 0 Å². The monoisotopic (exact) mass is 358 g/mol. The highest BCUT2D eigenvalue weighted by Gasteiger charge is 2.23. The molecule has 124 valence electrons. The summed E-state index contributed by atoms with van der Waals surface area (Å²) >= 11 is 11.7. The third-order valence-electron chi connectivity index (χ3n) is 2.59. The number of aliphatic imine (C=N–C) groups is 2. The van der Waals surface area contributed by atoms with Crippen LogP contribution in [0.4, 0.5) is 4.79 Å². The molecule has 0 aliphatic carbocycles. The summed E-state index contributed by atoms with van der Waals surface area (Å²) in [4.78, 5) is 19.5. The maximum absolute atomic E-state index is 11.6. The Hall–Kier alpha value is -1.83. The summed E-state index contributed by atoms with van der Waals surface area (Å²) in [7, 11) is 0. The fourth-order valence-electron chi connectivity index (χ4n) is 1.68. The van der Waals surface area contributed by atoms with Gasteiger partial charge in [0.25, 0.3) is 0 Å². The molecule has 0 amide bonds. The summed E-state index contributed by atoms with van der Waals surface area (Å²) in [6.07, 6.45) is -0.781. The number of benzene rings is 1. The Labute approximate surface area is 143 Å². The molecule has 0 saturated heterocycles. The Balaban J connectivity index is 2.11. The summed E-state index contributed by atoms with van der Waals surface area (Å²) in [6.45, 7) is 5.26. The highest BCUT2D eigenvalue weighted by atomic mass is 35.5. The van der Waals surface area contributed by atoms with Gasteiger partial charge < -0.3 is 9.47 Å². The van der Waals surface area contributed by atoms with Gasteiger partial charge in [0.05, 0.1) is 0 Å². The normalized spacial score (nSPS) is 18.2. The number of hydrazine groups is 1. The molecular weight excluding hydrogens is 343 g/mol. The van der Waals surface area contributed by atoms with Gasteiger partial charge in [0, 0.05) is 5.56 Å². The topological polar surface area (TPSA) is 89.5 Å². The molecule has 1 aliphatic rings. The lowest BCUT2D eigenvalue weighted by molar-refractivity contribution is 0.0206. The third kappa shape index (κ3) is 4.82. The molecule has 1 unspecified atom stereocenters. The van der Waals surface area contributed by atoms with Crippen molar-refractivity contribution in [3.8, 4) is 5.75 Å². The molecule has 1 atom stereocenters. The van der Waals surface area contributed by atoms with Crippen molar-refractivity contribution < 1.29 is 14.3 Å². The van der Waals surface area contributed by atoms with Crippen LogP contribution in [0.2, 0.25) is 0 Å². The Bertz CT molecular complexity index is 653. The fourth-order valence-corrected chi connectivity index (χ4v) is 2.09. The van der Waals surface area contributed by atoms with Gasteiger partial charge in [-0.25, -0.2) is 15.6 Å². The standard InChI is InChI=1S/C14H16Cl2N4O3/c1-14(2,3)23-13(21)22-9-6-4-8(5-7-9)10-18-11(15)19-12(16)20(10)17/h4-7,12H,17H2,1-3H3. The van der Waals surface area contributed by atoms with Crippen LogP contribution in [0.1, 0.15) is 26.3 Å². The number of hydrogen-bond acceptors (Lipinski definition) is 7. The van der Waals surface area contributed by atoms with Gasteiger partial charge in [-0.1, -0.05) is 11.6 Å². The zero-order valence-electron chi connectivity index (χ0n) is 12.8. The van der Waals surface area contributed by atoms with Crippen molar-refractivity contribution in [2.75, 3.05) is 0 Å². The number of carbonyl (C=O) groups excluding carboxylic acids is 1. The number of alkyl halides is 1. The lowest BCUT2D eigenvalue weighted by Crippen LogP contribution is -2.45. The minimum absolute atomic E-state index is 0.00998. The highest BCUT2D eigenvalue weighted by molar-refractivity contribution is 6.66. The van der Waals surface area contributed by atoms with Crippen LogP contribution in [-0.2, 0) is 4.74 Å². The number of nitrogens with two attached hydrogens (primary N) is 1. The molecule has 1 aromatic rings. The predicted molar refractivity (Wildman–Crippen MR) is 88.8 cm³/mol. The van der Waals surface area contributed by atoms with Crippen LogP contribution >= 0.6 is 23.2 Å². The first-order valence-electron chi connectivity index (χ1n) is 6.67. The van der Waals surface area contributed by atoms with E-state index in [2.05, 4.69) is 9.98 Å². The lowest BCUT2D eigenvalue weighted by Gasteiger charge is -2.26. The van der Waals surface area contributed by atoms with Gasteiger partial charge in [0.1, 0.15) is 11.4 Å². The van der Waals surface area contributed by atoms with Crippen molar-refractivity contribution in [3.63, 3.8) is 0 Å². The number of hydrogen-bond donors (Lipinski definition) is 1. The molecule has 0 aromatic heterocycles. The smallest absolute Gasteiger partial charge is 0.428 e. The second-order valence-corrected chi connectivity index (χ2v) is 6.37. The van der Waals surface area contributed by atoms with Crippen LogP contribution < -0.4 is 10.6 Å². The molecule has 7 nitrogen and oxygen atoms in total. The van der Waals surface area contributed by atoms with Crippen molar-refractivity contribution in [3.05, 3.63) is 29.8 Å². The van der Waals surface area contributed by atoms with Crippen LogP contribution in [0.25, 0.3) is 0 Å². The zero-order chi connectivity index (χ0) is 17.2. The van der Waals surface area contributed by atoms with Crippen molar-refractivity contribution in [2.45, 2.75) is 32.0 Å². The summed E-state index contributed by atoms with van der Waals surface area (Å²) < 4.78 is 10.1. The first kappa shape index (κ1) is 17.5. The van der Waals surface area contributed by atoms with Crippen LogP contribution in [0.3, 0.4) is 0 Å². The molecule has 0 radical (unpaired) electrons. The minimum atomic E-state index is -0.840. The summed E-state index contributed by atoms with van der Waals surface area (Å²) in [6, 6.07) is 6.49. The van der Waals surface area contributed by atoms with Gasteiger partial charge in [-0.3, -0.25) is 5.01 Å². The Kier molecular flexibility index (Phi) is 5.13. The zero-order valence-corrected chi connectivity index (χ0v) is 14.3. The highest BCUT2D eigenvalue weighted by Crippen LogP contribution is 2.19. The Morgan fingerprint density at radius 3 is 2.48 bits per heavy atom. The maximum Gasteiger partial charge on any atom is 0.514 e. The van der Waals surface area contributed by atoms with Crippen LogP contribution in [-0.4, -0.2) is 33.5 Å². The van der Waals surface area contributed by atoms with Crippen molar-refractivity contribution in [2.24, 2.45) is 15.8 Å². The molecule has 0 spiro atoms. The largest absolute Gasteiger partial charge is 0.514 e. The quantitative estimate of drug-likeness (QED) is 0.288. The Morgan fingerprint density at radius 2 is 1.91 bits per heavy atom. The average molecular weight is 359 g/mol. The second kappa shape index (κ2) is 6.74. The van der Waals surface area contributed by atoms with E-state index < -0.39 is 17.4 Å². The average Bonchev–Trinajstić information content (AvgIpc) is 2.41. The minimum Gasteiger partial charge on any atom is -0.428 e. The number of ether oxygens (including phenoxy) is 2. The first-order chi connectivity index (χ1) is 10.7.